The van der Waals surface area contributed by atoms with Gasteiger partial charge in [0.1, 0.15) is 11.9 Å². The van der Waals surface area contributed by atoms with Gasteiger partial charge < -0.3 is 20.1 Å². The Labute approximate surface area is 115 Å². The Balaban J connectivity index is 1.90. The van der Waals surface area contributed by atoms with Crippen LogP contribution in [0.5, 0.6) is 5.75 Å². The first kappa shape index (κ1) is 12.7. The van der Waals surface area contributed by atoms with Crippen LogP contribution in [0.3, 0.4) is 0 Å². The minimum atomic E-state index is -0.416. The number of fused-ring (bicyclic) bond motifs is 1. The standard InChI is InChI=1S/C13H15N3O4/c1-15-10-3-2-8(4-11(10)19-7-12(15)17)16-6-9(5-14)20-13(16)18/h2-4,9H,5-7,14H2,1H3/t9-/m0/s1. The van der Waals surface area contributed by atoms with Crippen molar-refractivity contribution in [2.45, 2.75) is 6.10 Å². The molecule has 2 heterocycles. The molecule has 2 amide bonds. The Bertz CT molecular complexity index is 575. The maximum absolute atomic E-state index is 11.8. The molecule has 7 heteroatoms. The van der Waals surface area contributed by atoms with Crippen LogP contribution in [-0.2, 0) is 9.53 Å². The van der Waals surface area contributed by atoms with Crippen molar-refractivity contribution in [2.24, 2.45) is 5.73 Å². The second-order valence-corrected chi connectivity index (χ2v) is 4.75. The highest BCUT2D eigenvalue weighted by molar-refractivity contribution is 5.98. The Morgan fingerprint density at radius 1 is 1.40 bits per heavy atom. The van der Waals surface area contributed by atoms with Crippen molar-refractivity contribution in [3.05, 3.63) is 18.2 Å². The van der Waals surface area contributed by atoms with E-state index in [2.05, 4.69) is 0 Å². The van der Waals surface area contributed by atoms with Crippen LogP contribution in [-0.4, -0.2) is 44.8 Å². The Morgan fingerprint density at radius 2 is 2.20 bits per heavy atom. The van der Waals surface area contributed by atoms with Gasteiger partial charge in [0.15, 0.2) is 6.61 Å². The molecule has 0 bridgehead atoms. The van der Waals surface area contributed by atoms with E-state index < -0.39 is 6.09 Å². The summed E-state index contributed by atoms with van der Waals surface area (Å²) in [6.45, 7) is 0.715. The van der Waals surface area contributed by atoms with Crippen LogP contribution in [0.15, 0.2) is 18.2 Å². The number of rotatable bonds is 2. The Morgan fingerprint density at radius 3 is 2.90 bits per heavy atom. The molecule has 0 saturated carbocycles. The molecule has 0 aromatic heterocycles. The first-order valence-electron chi connectivity index (χ1n) is 6.32. The second-order valence-electron chi connectivity index (χ2n) is 4.75. The fourth-order valence-corrected chi connectivity index (χ4v) is 2.29. The molecule has 0 radical (unpaired) electrons. The minimum Gasteiger partial charge on any atom is -0.481 e. The number of hydrogen-bond acceptors (Lipinski definition) is 5. The number of benzene rings is 1. The predicted octanol–water partition coefficient (Wildman–Crippen LogP) is 0.326. The molecule has 0 aliphatic carbocycles. The van der Waals surface area contributed by atoms with Crippen LogP contribution < -0.4 is 20.3 Å². The number of hydrogen-bond donors (Lipinski definition) is 1. The lowest BCUT2D eigenvalue weighted by atomic mass is 10.2. The van der Waals surface area contributed by atoms with Crippen molar-refractivity contribution in [1.82, 2.24) is 0 Å². The maximum Gasteiger partial charge on any atom is 0.414 e. The van der Waals surface area contributed by atoms with Gasteiger partial charge in [0.05, 0.1) is 17.9 Å². The molecule has 0 spiro atoms. The molecule has 2 aliphatic heterocycles. The van der Waals surface area contributed by atoms with Crippen molar-refractivity contribution in [2.75, 3.05) is 36.5 Å². The topological polar surface area (TPSA) is 85.1 Å². The fourth-order valence-electron chi connectivity index (χ4n) is 2.29. The van der Waals surface area contributed by atoms with Gasteiger partial charge in [-0.25, -0.2) is 4.79 Å². The number of nitrogens with two attached hydrogens (primary N) is 1. The van der Waals surface area contributed by atoms with Crippen LogP contribution >= 0.6 is 0 Å². The van der Waals surface area contributed by atoms with Crippen molar-refractivity contribution >= 4 is 23.4 Å². The van der Waals surface area contributed by atoms with E-state index >= 15 is 0 Å². The van der Waals surface area contributed by atoms with Crippen LogP contribution in [0.2, 0.25) is 0 Å². The van der Waals surface area contributed by atoms with E-state index in [9.17, 15) is 9.59 Å². The van der Waals surface area contributed by atoms with E-state index in [0.717, 1.165) is 0 Å². The van der Waals surface area contributed by atoms with E-state index in [1.165, 1.54) is 9.80 Å². The van der Waals surface area contributed by atoms with Crippen LogP contribution in [0.25, 0.3) is 0 Å². The first-order valence-corrected chi connectivity index (χ1v) is 6.32. The van der Waals surface area contributed by atoms with Gasteiger partial charge in [-0.3, -0.25) is 9.69 Å². The Hall–Kier alpha value is -2.28. The third kappa shape index (κ3) is 1.96. The average Bonchev–Trinajstić information content (AvgIpc) is 2.84. The molecule has 1 aromatic carbocycles. The molecule has 1 saturated heterocycles. The monoisotopic (exact) mass is 277 g/mol. The predicted molar refractivity (Wildman–Crippen MR) is 72.0 cm³/mol. The molecule has 106 valence electrons. The summed E-state index contributed by atoms with van der Waals surface area (Å²) in [5.41, 5.74) is 6.87. The average molecular weight is 277 g/mol. The van der Waals surface area contributed by atoms with Crippen LogP contribution in [0.4, 0.5) is 16.2 Å². The first-order chi connectivity index (χ1) is 9.60. The number of anilines is 2. The van der Waals surface area contributed by atoms with Gasteiger partial charge in [-0.15, -0.1) is 0 Å². The number of amides is 2. The molecule has 20 heavy (non-hydrogen) atoms. The summed E-state index contributed by atoms with van der Waals surface area (Å²) < 4.78 is 10.5. The van der Waals surface area contributed by atoms with Gasteiger partial charge in [0, 0.05) is 19.7 Å². The highest BCUT2D eigenvalue weighted by Crippen LogP contribution is 2.35. The molecule has 0 unspecified atom stereocenters. The Kier molecular flexibility index (Phi) is 2.98. The summed E-state index contributed by atoms with van der Waals surface area (Å²) in [6.07, 6.45) is -0.704. The summed E-state index contributed by atoms with van der Waals surface area (Å²) in [4.78, 5) is 26.4. The second kappa shape index (κ2) is 4.68. The highest BCUT2D eigenvalue weighted by Gasteiger charge is 2.32. The van der Waals surface area contributed by atoms with Gasteiger partial charge in [-0.1, -0.05) is 0 Å². The zero-order valence-electron chi connectivity index (χ0n) is 11.0. The number of ether oxygens (including phenoxy) is 2. The van der Waals surface area contributed by atoms with Crippen LogP contribution in [0.1, 0.15) is 0 Å². The third-order valence-corrected chi connectivity index (χ3v) is 3.48. The van der Waals surface area contributed by atoms with E-state index in [1.807, 2.05) is 0 Å². The van der Waals surface area contributed by atoms with Crippen molar-refractivity contribution in [1.29, 1.82) is 0 Å². The molecule has 1 aromatic rings. The molecule has 1 fully saturated rings. The maximum atomic E-state index is 11.8. The smallest absolute Gasteiger partial charge is 0.414 e. The summed E-state index contributed by atoms with van der Waals surface area (Å²) in [6, 6.07) is 5.25. The largest absolute Gasteiger partial charge is 0.481 e. The normalized spacial score (nSPS) is 21.6. The molecule has 2 aliphatic rings. The molecule has 2 N–H and O–H groups in total. The molecular weight excluding hydrogens is 262 g/mol. The third-order valence-electron chi connectivity index (χ3n) is 3.48. The zero-order valence-corrected chi connectivity index (χ0v) is 11.0. The quantitative estimate of drug-likeness (QED) is 0.841. The lowest BCUT2D eigenvalue weighted by Gasteiger charge is -2.27. The van der Waals surface area contributed by atoms with Crippen molar-refractivity contribution in [3.8, 4) is 5.75 Å². The minimum absolute atomic E-state index is 0.00280. The van der Waals surface area contributed by atoms with Gasteiger partial charge >= 0.3 is 6.09 Å². The van der Waals surface area contributed by atoms with Gasteiger partial charge in [0.2, 0.25) is 0 Å². The number of carbonyl (C=O) groups excluding carboxylic acids is 2. The van der Waals surface area contributed by atoms with Crippen molar-refractivity contribution < 1.29 is 19.1 Å². The number of likely N-dealkylation sites (N-methyl/N-ethyl adjacent to an activating group) is 1. The number of carbonyl (C=O) groups is 2. The summed E-state index contributed by atoms with van der Waals surface area (Å²) >= 11 is 0. The zero-order chi connectivity index (χ0) is 14.3. The van der Waals surface area contributed by atoms with Gasteiger partial charge in [-0.05, 0) is 12.1 Å². The molecule has 3 rings (SSSR count). The number of nitrogens with zero attached hydrogens (tertiary/aromatic N) is 2. The fraction of sp³-hybridized carbons (Fsp3) is 0.385. The highest BCUT2D eigenvalue weighted by atomic mass is 16.6. The van der Waals surface area contributed by atoms with E-state index in [0.29, 0.717) is 30.2 Å². The van der Waals surface area contributed by atoms with E-state index in [4.69, 9.17) is 15.2 Å². The lowest BCUT2D eigenvalue weighted by molar-refractivity contribution is -0.120. The van der Waals surface area contributed by atoms with E-state index in [-0.39, 0.29) is 18.6 Å². The van der Waals surface area contributed by atoms with Gasteiger partial charge in [-0.2, -0.15) is 0 Å². The summed E-state index contributed by atoms with van der Waals surface area (Å²) in [5.74, 6) is 0.475. The number of cyclic esters (lactones) is 1. The van der Waals surface area contributed by atoms with Crippen LogP contribution in [0, 0.1) is 0 Å². The summed E-state index contributed by atoms with van der Waals surface area (Å²) in [5, 5.41) is 0. The lowest BCUT2D eigenvalue weighted by Crippen LogP contribution is -2.35. The SMILES string of the molecule is CN1C(=O)COc2cc(N3C[C@H](CN)OC3=O)ccc21. The summed E-state index contributed by atoms with van der Waals surface area (Å²) in [7, 11) is 1.69. The molecule has 1 atom stereocenters. The molecular formula is C13H15N3O4. The van der Waals surface area contributed by atoms with Crippen molar-refractivity contribution in [3.63, 3.8) is 0 Å². The molecule has 7 nitrogen and oxygen atoms in total. The van der Waals surface area contributed by atoms with E-state index in [1.54, 1.807) is 25.2 Å². The van der Waals surface area contributed by atoms with Gasteiger partial charge in [0.25, 0.3) is 5.91 Å².